The molecule has 0 aromatic carbocycles. The summed E-state index contributed by atoms with van der Waals surface area (Å²) >= 11 is 0. The molecule has 0 rings (SSSR count). The van der Waals surface area contributed by atoms with Crippen molar-refractivity contribution >= 4 is 20.1 Å². The molecule has 25 heavy (non-hydrogen) atoms. The molecule has 0 radical (unpaired) electrons. The van der Waals surface area contributed by atoms with Crippen LogP contribution in [-0.4, -0.2) is 44.5 Å². The van der Waals surface area contributed by atoms with Crippen LogP contribution in [-0.2, 0) is 18.8 Å². The zero-order valence-corrected chi connectivity index (χ0v) is 18.3. The molecule has 5 nitrogen and oxygen atoms in total. The van der Waals surface area contributed by atoms with E-state index in [2.05, 4.69) is 33.9 Å². The van der Waals surface area contributed by atoms with Crippen LogP contribution in [0.15, 0.2) is 12.2 Å². The van der Waals surface area contributed by atoms with Gasteiger partial charge in [0.2, 0.25) is 0 Å². The molecule has 0 aromatic rings. The van der Waals surface area contributed by atoms with E-state index in [4.69, 9.17) is 9.16 Å². The number of carbonyl (C=O) groups is 2. The number of carbonyl (C=O) groups excluding carboxylic acids is 2. The maximum absolute atomic E-state index is 12.6. The minimum Gasteiger partial charge on any atom is -0.469 e. The molecule has 0 saturated carbocycles. The van der Waals surface area contributed by atoms with Crippen molar-refractivity contribution in [2.75, 3.05) is 7.11 Å². The number of hydrogen-bond donors (Lipinski definition) is 1. The van der Waals surface area contributed by atoms with Crippen LogP contribution >= 0.6 is 0 Å². The summed E-state index contributed by atoms with van der Waals surface area (Å²) in [4.78, 5) is 24.7. The Morgan fingerprint density at radius 2 is 1.68 bits per heavy atom. The third kappa shape index (κ3) is 7.03. The van der Waals surface area contributed by atoms with E-state index in [1.54, 1.807) is 32.9 Å². The minimum atomic E-state index is -2.19. The van der Waals surface area contributed by atoms with Crippen molar-refractivity contribution in [2.45, 2.75) is 78.3 Å². The van der Waals surface area contributed by atoms with Crippen LogP contribution in [0, 0.1) is 11.8 Å². The number of rotatable bonds is 9. The lowest BCUT2D eigenvalue weighted by Gasteiger charge is -2.42. The van der Waals surface area contributed by atoms with Crippen molar-refractivity contribution < 1.29 is 23.9 Å². The summed E-state index contributed by atoms with van der Waals surface area (Å²) in [5.74, 6) is -1.58. The molecule has 4 atom stereocenters. The first-order chi connectivity index (χ1) is 11.3. The molecule has 0 aromatic heterocycles. The predicted octanol–water partition coefficient (Wildman–Crippen LogP) is 3.72. The lowest BCUT2D eigenvalue weighted by Crippen LogP contribution is -2.50. The fourth-order valence-corrected chi connectivity index (χ4v) is 3.78. The quantitative estimate of drug-likeness (QED) is 0.379. The zero-order valence-electron chi connectivity index (χ0n) is 17.3. The number of ether oxygens (including phenoxy) is 1. The molecular formula is C19H36O5Si. The fraction of sp³-hybridized carbons (Fsp3) is 0.789. The van der Waals surface area contributed by atoms with E-state index in [0.717, 1.165) is 0 Å². The Balaban J connectivity index is 5.52. The molecule has 0 bridgehead atoms. The highest BCUT2D eigenvalue weighted by Crippen LogP contribution is 2.39. The van der Waals surface area contributed by atoms with Gasteiger partial charge >= 0.3 is 5.97 Å². The van der Waals surface area contributed by atoms with Gasteiger partial charge in [-0.1, -0.05) is 39.8 Å². The normalized spacial score (nSPS) is 17.8. The van der Waals surface area contributed by atoms with Crippen LogP contribution in [0.3, 0.4) is 0 Å². The van der Waals surface area contributed by atoms with Crippen LogP contribution in [0.25, 0.3) is 0 Å². The van der Waals surface area contributed by atoms with Gasteiger partial charge in [0.25, 0.3) is 0 Å². The van der Waals surface area contributed by atoms with Gasteiger partial charge in [-0.05, 0) is 32.0 Å². The molecule has 0 unspecified atom stereocenters. The molecule has 1 N–H and O–H groups in total. The highest BCUT2D eigenvalue weighted by molar-refractivity contribution is 6.74. The second-order valence-electron chi connectivity index (χ2n) is 8.21. The number of ketones is 1. The lowest BCUT2D eigenvalue weighted by molar-refractivity contribution is -0.150. The SMILES string of the molecule is C/C=C/[C@@H](O)CC(=O)[C@H](C)[C@H](O[Si](C)(C)C(C)(C)C)[C@@H](C)C(=O)OC. The predicted molar refractivity (Wildman–Crippen MR) is 103 cm³/mol. The molecule has 0 saturated heterocycles. The second kappa shape index (κ2) is 9.64. The molecule has 0 aliphatic carbocycles. The number of Topliss-reactive ketones (excluding diaryl/α,β-unsaturated/α-hetero) is 1. The largest absolute Gasteiger partial charge is 0.469 e. The first kappa shape index (κ1) is 24.0. The molecule has 0 aliphatic rings. The number of methoxy groups -OCH3 is 1. The maximum atomic E-state index is 12.6. The Morgan fingerprint density at radius 1 is 1.16 bits per heavy atom. The van der Waals surface area contributed by atoms with Gasteiger partial charge in [-0.3, -0.25) is 9.59 Å². The Labute approximate surface area is 153 Å². The summed E-state index contributed by atoms with van der Waals surface area (Å²) < 4.78 is 11.3. The number of esters is 1. The number of hydrogen-bond acceptors (Lipinski definition) is 5. The summed E-state index contributed by atoms with van der Waals surface area (Å²) in [6.45, 7) is 15.8. The van der Waals surface area contributed by atoms with Gasteiger partial charge < -0.3 is 14.3 Å². The Morgan fingerprint density at radius 3 is 2.08 bits per heavy atom. The number of allylic oxidation sites excluding steroid dienone is 1. The van der Waals surface area contributed by atoms with Crippen LogP contribution in [0.4, 0.5) is 0 Å². The van der Waals surface area contributed by atoms with Gasteiger partial charge in [0.15, 0.2) is 8.32 Å². The van der Waals surface area contributed by atoms with Crippen molar-refractivity contribution in [3.63, 3.8) is 0 Å². The molecular weight excluding hydrogens is 336 g/mol. The average molecular weight is 373 g/mol. The van der Waals surface area contributed by atoms with E-state index in [0.29, 0.717) is 0 Å². The second-order valence-corrected chi connectivity index (χ2v) is 13.0. The summed E-state index contributed by atoms with van der Waals surface area (Å²) in [5, 5.41) is 9.83. The van der Waals surface area contributed by atoms with Crippen LogP contribution in [0.2, 0.25) is 18.1 Å². The van der Waals surface area contributed by atoms with Crippen molar-refractivity contribution in [3.8, 4) is 0 Å². The maximum Gasteiger partial charge on any atom is 0.310 e. The third-order valence-corrected chi connectivity index (χ3v) is 9.60. The van der Waals surface area contributed by atoms with E-state index >= 15 is 0 Å². The smallest absolute Gasteiger partial charge is 0.310 e. The lowest BCUT2D eigenvalue weighted by atomic mass is 9.88. The van der Waals surface area contributed by atoms with Crippen molar-refractivity contribution in [1.82, 2.24) is 0 Å². The van der Waals surface area contributed by atoms with Gasteiger partial charge in [-0.2, -0.15) is 0 Å². The van der Waals surface area contributed by atoms with Crippen molar-refractivity contribution in [1.29, 1.82) is 0 Å². The molecule has 0 heterocycles. The molecule has 146 valence electrons. The minimum absolute atomic E-state index is 0.0107. The van der Waals surface area contributed by atoms with Gasteiger partial charge in [0.05, 0.1) is 25.2 Å². The van der Waals surface area contributed by atoms with Gasteiger partial charge in [0.1, 0.15) is 5.78 Å². The molecule has 6 heteroatoms. The number of aliphatic hydroxyl groups is 1. The third-order valence-electron chi connectivity index (χ3n) is 5.13. The summed E-state index contributed by atoms with van der Waals surface area (Å²) in [5.41, 5.74) is 0. The highest BCUT2D eigenvalue weighted by atomic mass is 28.4. The van der Waals surface area contributed by atoms with E-state index in [1.165, 1.54) is 7.11 Å². The average Bonchev–Trinajstić information content (AvgIpc) is 2.49. The van der Waals surface area contributed by atoms with Crippen LogP contribution < -0.4 is 0 Å². The molecule has 0 amide bonds. The monoisotopic (exact) mass is 372 g/mol. The van der Waals surface area contributed by atoms with Crippen LogP contribution in [0.5, 0.6) is 0 Å². The Kier molecular flexibility index (Phi) is 9.26. The van der Waals surface area contributed by atoms with Gasteiger partial charge in [0, 0.05) is 12.3 Å². The first-order valence-electron chi connectivity index (χ1n) is 8.87. The van der Waals surface area contributed by atoms with Crippen molar-refractivity contribution in [3.05, 3.63) is 12.2 Å². The number of aliphatic hydroxyl groups excluding tert-OH is 1. The van der Waals surface area contributed by atoms with Gasteiger partial charge in [-0.15, -0.1) is 0 Å². The topological polar surface area (TPSA) is 72.8 Å². The van der Waals surface area contributed by atoms with E-state index in [9.17, 15) is 14.7 Å². The standard InChI is InChI=1S/C19H36O5Si/c1-10-11-15(20)12-16(21)13(2)17(14(3)18(22)23-7)24-25(8,9)19(4,5)6/h10-11,13-15,17,20H,12H2,1-9H3/b11-10+/t13-,14+,15+,17-/m0/s1. The van der Waals surface area contributed by atoms with Crippen molar-refractivity contribution in [2.24, 2.45) is 11.8 Å². The van der Waals surface area contributed by atoms with E-state index < -0.39 is 38.3 Å². The summed E-state index contributed by atoms with van der Waals surface area (Å²) in [6.07, 6.45) is 1.92. The fourth-order valence-electron chi connectivity index (χ4n) is 2.34. The Hall–Kier alpha value is -0.983. The highest BCUT2D eigenvalue weighted by Gasteiger charge is 2.44. The zero-order chi connectivity index (χ0) is 20.0. The van der Waals surface area contributed by atoms with Crippen LogP contribution in [0.1, 0.15) is 48.0 Å². The Bertz CT molecular complexity index is 479. The van der Waals surface area contributed by atoms with E-state index in [-0.39, 0.29) is 17.2 Å². The molecule has 0 fully saturated rings. The first-order valence-corrected chi connectivity index (χ1v) is 11.8. The molecule has 0 spiro atoms. The summed E-state index contributed by atoms with van der Waals surface area (Å²) in [6, 6.07) is 0. The van der Waals surface area contributed by atoms with Gasteiger partial charge in [-0.25, -0.2) is 0 Å². The van der Waals surface area contributed by atoms with E-state index in [1.807, 2.05) is 0 Å². The summed E-state index contributed by atoms with van der Waals surface area (Å²) in [7, 11) is -0.852. The molecule has 0 aliphatic heterocycles.